The molecule has 0 saturated heterocycles. The molecule has 5 heteroatoms. The Morgan fingerprint density at radius 3 is 2.62 bits per heavy atom. The minimum Gasteiger partial charge on any atom is -0.507 e. The summed E-state index contributed by atoms with van der Waals surface area (Å²) in [5.41, 5.74) is 1.07. The van der Waals surface area contributed by atoms with Gasteiger partial charge in [-0.3, -0.25) is 4.79 Å². The fourth-order valence-corrected chi connectivity index (χ4v) is 2.40. The number of benzene rings is 2. The number of phenols is 1. The first kappa shape index (κ1) is 13.7. The summed E-state index contributed by atoms with van der Waals surface area (Å²) in [6, 6.07) is 13.7. The average molecular weight is 347 g/mol. The topological polar surface area (TPSA) is 59.7 Å². The van der Waals surface area contributed by atoms with Gasteiger partial charge in [0, 0.05) is 23.8 Å². The predicted octanol–water partition coefficient (Wildman–Crippen LogP) is 3.90. The number of hydrogen-bond donors (Lipinski definition) is 1. The molecule has 0 radical (unpaired) electrons. The van der Waals surface area contributed by atoms with Crippen LogP contribution in [0.3, 0.4) is 0 Å². The number of phenolic OH excluding ortho intramolecular Hbond substituents is 1. The van der Waals surface area contributed by atoms with Gasteiger partial charge in [0.05, 0.1) is 0 Å². The van der Waals surface area contributed by atoms with Gasteiger partial charge in [-0.05, 0) is 15.9 Å². The van der Waals surface area contributed by atoms with Gasteiger partial charge in [0.15, 0.2) is 5.43 Å². The van der Waals surface area contributed by atoms with Crippen molar-refractivity contribution in [2.75, 3.05) is 5.52 Å². The van der Waals surface area contributed by atoms with E-state index in [-0.39, 0.29) is 27.7 Å². The summed E-state index contributed by atoms with van der Waals surface area (Å²) < 4.78 is 11.0. The first-order valence-electron chi connectivity index (χ1n) is 6.24. The molecular formula is C16H11BrO4. The molecule has 2 aromatic carbocycles. The summed E-state index contributed by atoms with van der Waals surface area (Å²) in [6.45, 7) is 0. The summed E-state index contributed by atoms with van der Waals surface area (Å²) in [7, 11) is 0. The zero-order valence-electron chi connectivity index (χ0n) is 10.9. The van der Waals surface area contributed by atoms with Crippen LogP contribution in [-0.4, -0.2) is 10.6 Å². The molecule has 106 valence electrons. The number of ether oxygens (including phenoxy) is 1. The standard InChI is InChI=1S/C16H11BrO4/c17-9-20-11-6-12(18)16-13(19)8-14(21-15(16)7-11)10-4-2-1-3-5-10/h1-8,18H,9H2. The minimum atomic E-state index is -0.294. The minimum absolute atomic E-state index is 0.150. The molecule has 3 aromatic rings. The summed E-state index contributed by atoms with van der Waals surface area (Å²) in [5, 5.41) is 10.1. The van der Waals surface area contributed by atoms with Gasteiger partial charge in [0.25, 0.3) is 0 Å². The van der Waals surface area contributed by atoms with Gasteiger partial charge >= 0.3 is 0 Å². The summed E-state index contributed by atoms with van der Waals surface area (Å²) in [5.74, 6) is 0.713. The van der Waals surface area contributed by atoms with Crippen LogP contribution in [0.2, 0.25) is 0 Å². The number of fused-ring (bicyclic) bond motifs is 1. The third-order valence-corrected chi connectivity index (χ3v) is 3.29. The third kappa shape index (κ3) is 2.64. The second-order valence-electron chi connectivity index (χ2n) is 4.41. The molecule has 0 atom stereocenters. The Balaban J connectivity index is 2.25. The number of halogens is 1. The molecule has 0 aliphatic rings. The molecule has 0 aliphatic carbocycles. The van der Waals surface area contributed by atoms with Gasteiger partial charge in [0.1, 0.15) is 33.7 Å². The van der Waals surface area contributed by atoms with Crippen molar-refractivity contribution in [2.24, 2.45) is 0 Å². The Morgan fingerprint density at radius 1 is 1.14 bits per heavy atom. The maximum absolute atomic E-state index is 12.2. The van der Waals surface area contributed by atoms with Gasteiger partial charge in [0.2, 0.25) is 0 Å². The third-order valence-electron chi connectivity index (χ3n) is 3.06. The van der Waals surface area contributed by atoms with Crippen LogP contribution in [0.15, 0.2) is 57.7 Å². The molecule has 0 aliphatic heterocycles. The van der Waals surface area contributed by atoms with E-state index in [0.29, 0.717) is 11.5 Å². The summed E-state index contributed by atoms with van der Waals surface area (Å²) in [4.78, 5) is 12.2. The smallest absolute Gasteiger partial charge is 0.197 e. The van der Waals surface area contributed by atoms with Gasteiger partial charge < -0.3 is 14.3 Å². The highest BCUT2D eigenvalue weighted by molar-refractivity contribution is 9.09. The molecular weight excluding hydrogens is 336 g/mol. The molecule has 0 fully saturated rings. The molecule has 4 nitrogen and oxygen atoms in total. The van der Waals surface area contributed by atoms with E-state index >= 15 is 0 Å². The van der Waals surface area contributed by atoms with Crippen LogP contribution in [0.5, 0.6) is 11.5 Å². The van der Waals surface area contributed by atoms with Crippen LogP contribution >= 0.6 is 15.9 Å². The van der Waals surface area contributed by atoms with E-state index in [0.717, 1.165) is 5.56 Å². The highest BCUT2D eigenvalue weighted by Gasteiger charge is 2.12. The number of alkyl halides is 1. The molecule has 0 saturated carbocycles. The van der Waals surface area contributed by atoms with E-state index in [4.69, 9.17) is 9.15 Å². The van der Waals surface area contributed by atoms with E-state index in [1.54, 1.807) is 6.07 Å². The Bertz CT molecular complexity index is 840. The van der Waals surface area contributed by atoms with Crippen LogP contribution in [0.1, 0.15) is 0 Å². The molecule has 1 aromatic heterocycles. The van der Waals surface area contributed by atoms with Crippen molar-refractivity contribution >= 4 is 26.9 Å². The summed E-state index contributed by atoms with van der Waals surface area (Å²) >= 11 is 3.14. The molecule has 1 heterocycles. The average Bonchev–Trinajstić information content (AvgIpc) is 2.47. The molecule has 3 rings (SSSR count). The Morgan fingerprint density at radius 2 is 1.90 bits per heavy atom. The number of rotatable bonds is 3. The molecule has 1 N–H and O–H groups in total. The van der Waals surface area contributed by atoms with E-state index in [2.05, 4.69) is 15.9 Å². The monoisotopic (exact) mass is 346 g/mol. The predicted molar refractivity (Wildman–Crippen MR) is 84.0 cm³/mol. The normalized spacial score (nSPS) is 10.7. The van der Waals surface area contributed by atoms with Crippen LogP contribution in [0, 0.1) is 0 Å². The van der Waals surface area contributed by atoms with Crippen LogP contribution in [0.4, 0.5) is 0 Å². The molecule has 0 amide bonds. The van der Waals surface area contributed by atoms with Gasteiger partial charge in [-0.15, -0.1) is 0 Å². The molecule has 0 bridgehead atoms. The van der Waals surface area contributed by atoms with Crippen LogP contribution in [-0.2, 0) is 0 Å². The van der Waals surface area contributed by atoms with Gasteiger partial charge in [-0.1, -0.05) is 30.3 Å². The van der Waals surface area contributed by atoms with Crippen molar-refractivity contribution in [1.29, 1.82) is 0 Å². The van der Waals surface area contributed by atoms with E-state index in [1.807, 2.05) is 30.3 Å². The maximum Gasteiger partial charge on any atom is 0.197 e. The largest absolute Gasteiger partial charge is 0.507 e. The van der Waals surface area contributed by atoms with Crippen LogP contribution in [0.25, 0.3) is 22.3 Å². The molecule has 0 unspecified atom stereocenters. The van der Waals surface area contributed by atoms with E-state index in [9.17, 15) is 9.90 Å². The van der Waals surface area contributed by atoms with Crippen molar-refractivity contribution < 1.29 is 14.3 Å². The van der Waals surface area contributed by atoms with Crippen molar-refractivity contribution in [1.82, 2.24) is 0 Å². The Hall–Kier alpha value is -2.27. The zero-order valence-corrected chi connectivity index (χ0v) is 12.5. The lowest BCUT2D eigenvalue weighted by molar-refractivity contribution is 0.392. The van der Waals surface area contributed by atoms with Gasteiger partial charge in [-0.25, -0.2) is 0 Å². The van der Waals surface area contributed by atoms with Crippen molar-refractivity contribution in [3.63, 3.8) is 0 Å². The molecule has 21 heavy (non-hydrogen) atoms. The first-order valence-corrected chi connectivity index (χ1v) is 7.36. The summed E-state index contributed by atoms with van der Waals surface area (Å²) in [6.07, 6.45) is 0. The second-order valence-corrected chi connectivity index (χ2v) is 4.87. The first-order chi connectivity index (χ1) is 10.2. The highest BCUT2D eigenvalue weighted by atomic mass is 79.9. The number of aromatic hydroxyl groups is 1. The SMILES string of the molecule is O=c1cc(-c2ccccc2)oc2cc(OCBr)cc(O)c12. The maximum atomic E-state index is 12.2. The highest BCUT2D eigenvalue weighted by Crippen LogP contribution is 2.31. The molecule has 0 spiro atoms. The lowest BCUT2D eigenvalue weighted by atomic mass is 10.1. The van der Waals surface area contributed by atoms with E-state index in [1.165, 1.54) is 12.1 Å². The Kier molecular flexibility index (Phi) is 3.66. The van der Waals surface area contributed by atoms with Crippen molar-refractivity contribution in [3.8, 4) is 22.8 Å². The fraction of sp³-hybridized carbons (Fsp3) is 0.0625. The van der Waals surface area contributed by atoms with Crippen molar-refractivity contribution in [3.05, 3.63) is 58.8 Å². The zero-order chi connectivity index (χ0) is 14.8. The van der Waals surface area contributed by atoms with Crippen molar-refractivity contribution in [2.45, 2.75) is 0 Å². The lowest BCUT2D eigenvalue weighted by Crippen LogP contribution is -2.01. The van der Waals surface area contributed by atoms with E-state index < -0.39 is 0 Å². The van der Waals surface area contributed by atoms with Crippen LogP contribution < -0.4 is 10.2 Å². The Labute approximate surface area is 128 Å². The fourth-order valence-electron chi connectivity index (χ4n) is 2.13. The van der Waals surface area contributed by atoms with Gasteiger partial charge in [-0.2, -0.15) is 0 Å². The quantitative estimate of drug-likeness (QED) is 0.730. The number of hydrogen-bond acceptors (Lipinski definition) is 4. The lowest BCUT2D eigenvalue weighted by Gasteiger charge is -2.07. The second kappa shape index (κ2) is 5.61.